The Balaban J connectivity index is 2.07. The van der Waals surface area contributed by atoms with Gasteiger partial charge in [0.15, 0.2) is 0 Å². The minimum Gasteiger partial charge on any atom is -0.494 e. The molecule has 106 valence electrons. The highest BCUT2D eigenvalue weighted by molar-refractivity contribution is 5.31. The number of ether oxygens (including phenoxy) is 1. The monoisotopic (exact) mass is 261 g/mol. The van der Waals surface area contributed by atoms with Crippen LogP contribution in [0, 0.1) is 0 Å². The third-order valence-electron chi connectivity index (χ3n) is 4.06. The molecule has 1 aliphatic carbocycles. The molecule has 1 saturated carbocycles. The summed E-state index contributed by atoms with van der Waals surface area (Å²) in [6.45, 7) is 6.07. The predicted octanol–water partition coefficient (Wildman–Crippen LogP) is 4.11. The predicted molar refractivity (Wildman–Crippen MR) is 80.9 cm³/mol. The molecule has 0 spiro atoms. The topological polar surface area (TPSA) is 21.3 Å². The molecule has 0 bridgehead atoms. The molecule has 0 aliphatic heterocycles. The van der Waals surface area contributed by atoms with E-state index in [2.05, 4.69) is 36.5 Å². The maximum Gasteiger partial charge on any atom is 0.119 e. The first-order valence-electron chi connectivity index (χ1n) is 7.79. The van der Waals surface area contributed by atoms with Gasteiger partial charge in [-0.2, -0.15) is 0 Å². The summed E-state index contributed by atoms with van der Waals surface area (Å²) in [5.74, 6) is 1.70. The number of hydrogen-bond donors (Lipinski definition) is 1. The Morgan fingerprint density at radius 2 is 2.05 bits per heavy atom. The van der Waals surface area contributed by atoms with Crippen molar-refractivity contribution in [3.05, 3.63) is 29.8 Å². The van der Waals surface area contributed by atoms with Gasteiger partial charge in [-0.15, -0.1) is 0 Å². The van der Waals surface area contributed by atoms with E-state index in [9.17, 15) is 0 Å². The fraction of sp³-hybridized carbons (Fsp3) is 0.647. The van der Waals surface area contributed by atoms with Crippen molar-refractivity contribution < 1.29 is 4.74 Å². The lowest BCUT2D eigenvalue weighted by atomic mass is 9.90. The van der Waals surface area contributed by atoms with Gasteiger partial charge >= 0.3 is 0 Å². The zero-order chi connectivity index (χ0) is 13.5. The number of nitrogens with one attached hydrogen (secondary N) is 1. The molecule has 1 aromatic carbocycles. The summed E-state index contributed by atoms with van der Waals surface area (Å²) in [5, 5.41) is 3.63. The van der Waals surface area contributed by atoms with Gasteiger partial charge in [0.25, 0.3) is 0 Å². The molecule has 0 aromatic heterocycles. The molecule has 1 N–H and O–H groups in total. The average Bonchev–Trinajstić information content (AvgIpc) is 2.66. The van der Waals surface area contributed by atoms with Crippen molar-refractivity contribution in [2.45, 2.75) is 57.9 Å². The third kappa shape index (κ3) is 4.24. The fourth-order valence-corrected chi connectivity index (χ4v) is 3.16. The normalized spacial score (nSPS) is 23.9. The summed E-state index contributed by atoms with van der Waals surface area (Å²) >= 11 is 0. The van der Waals surface area contributed by atoms with Crippen LogP contribution in [0.5, 0.6) is 5.75 Å². The van der Waals surface area contributed by atoms with Crippen molar-refractivity contribution in [1.82, 2.24) is 5.32 Å². The van der Waals surface area contributed by atoms with Crippen LogP contribution >= 0.6 is 0 Å². The molecular weight excluding hydrogens is 234 g/mol. The van der Waals surface area contributed by atoms with Gasteiger partial charge in [-0.1, -0.05) is 31.9 Å². The Morgan fingerprint density at radius 1 is 1.21 bits per heavy atom. The molecule has 2 atom stereocenters. The van der Waals surface area contributed by atoms with E-state index in [1.807, 2.05) is 6.92 Å². The van der Waals surface area contributed by atoms with Gasteiger partial charge in [0.05, 0.1) is 6.61 Å². The van der Waals surface area contributed by atoms with E-state index < -0.39 is 0 Å². The molecule has 0 amide bonds. The van der Waals surface area contributed by atoms with Crippen molar-refractivity contribution >= 4 is 0 Å². The van der Waals surface area contributed by atoms with Gasteiger partial charge in [0, 0.05) is 6.04 Å². The van der Waals surface area contributed by atoms with Crippen molar-refractivity contribution in [2.75, 3.05) is 13.2 Å². The second-order valence-corrected chi connectivity index (χ2v) is 5.48. The van der Waals surface area contributed by atoms with E-state index >= 15 is 0 Å². The second-order valence-electron chi connectivity index (χ2n) is 5.48. The van der Waals surface area contributed by atoms with E-state index in [1.165, 1.54) is 37.7 Å². The van der Waals surface area contributed by atoms with E-state index in [0.717, 1.165) is 18.9 Å². The van der Waals surface area contributed by atoms with E-state index in [0.29, 0.717) is 12.0 Å². The maximum atomic E-state index is 5.63. The van der Waals surface area contributed by atoms with Gasteiger partial charge in [0.1, 0.15) is 5.75 Å². The van der Waals surface area contributed by atoms with E-state index in [4.69, 9.17) is 4.74 Å². The summed E-state index contributed by atoms with van der Waals surface area (Å²) in [4.78, 5) is 0. The highest BCUT2D eigenvalue weighted by Gasteiger charge is 2.21. The molecule has 2 heteroatoms. The molecule has 0 radical (unpaired) electrons. The van der Waals surface area contributed by atoms with Gasteiger partial charge in [-0.3, -0.25) is 0 Å². The van der Waals surface area contributed by atoms with Crippen molar-refractivity contribution in [2.24, 2.45) is 0 Å². The lowest BCUT2D eigenvalue weighted by molar-refractivity contribution is 0.339. The Labute approximate surface area is 117 Å². The quantitative estimate of drug-likeness (QED) is 0.805. The maximum absolute atomic E-state index is 5.63. The van der Waals surface area contributed by atoms with Crippen molar-refractivity contribution in [3.8, 4) is 5.75 Å². The minimum absolute atomic E-state index is 0.687. The lowest BCUT2D eigenvalue weighted by Gasteiger charge is -2.21. The second kappa shape index (κ2) is 7.54. The zero-order valence-corrected chi connectivity index (χ0v) is 12.3. The van der Waals surface area contributed by atoms with Crippen LogP contribution in [0.25, 0.3) is 0 Å². The largest absolute Gasteiger partial charge is 0.494 e. The third-order valence-corrected chi connectivity index (χ3v) is 4.06. The van der Waals surface area contributed by atoms with Gasteiger partial charge < -0.3 is 10.1 Å². The van der Waals surface area contributed by atoms with Gasteiger partial charge in [-0.25, -0.2) is 0 Å². The molecule has 1 fully saturated rings. The summed E-state index contributed by atoms with van der Waals surface area (Å²) in [7, 11) is 0. The molecule has 1 aromatic rings. The Morgan fingerprint density at radius 3 is 2.84 bits per heavy atom. The molecule has 0 heterocycles. The van der Waals surface area contributed by atoms with E-state index in [-0.39, 0.29) is 0 Å². The van der Waals surface area contributed by atoms with Crippen LogP contribution in [-0.2, 0) is 0 Å². The van der Waals surface area contributed by atoms with Crippen LogP contribution in [-0.4, -0.2) is 19.2 Å². The molecule has 0 saturated heterocycles. The standard InChI is InChI=1S/C17H27NO/c1-3-18-16-10-6-5-8-14(12-16)15-9-7-11-17(13-15)19-4-2/h7,9,11,13-14,16,18H,3-6,8,10,12H2,1-2H3. The van der Waals surface area contributed by atoms with Crippen LogP contribution in [0.1, 0.15) is 57.4 Å². The van der Waals surface area contributed by atoms with Crippen molar-refractivity contribution in [3.63, 3.8) is 0 Å². The first kappa shape index (κ1) is 14.4. The highest BCUT2D eigenvalue weighted by atomic mass is 16.5. The first-order chi connectivity index (χ1) is 9.33. The lowest BCUT2D eigenvalue weighted by Crippen LogP contribution is -2.29. The molecular formula is C17H27NO. The van der Waals surface area contributed by atoms with Gasteiger partial charge in [-0.05, 0) is 56.3 Å². The smallest absolute Gasteiger partial charge is 0.119 e. The van der Waals surface area contributed by atoms with E-state index in [1.54, 1.807) is 0 Å². The molecule has 2 rings (SSSR count). The SMILES string of the molecule is CCNC1CCCCC(c2cccc(OCC)c2)C1. The highest BCUT2D eigenvalue weighted by Crippen LogP contribution is 2.33. The van der Waals surface area contributed by atoms with Crippen LogP contribution in [0.15, 0.2) is 24.3 Å². The summed E-state index contributed by atoms with van der Waals surface area (Å²) < 4.78 is 5.63. The summed E-state index contributed by atoms with van der Waals surface area (Å²) in [6, 6.07) is 9.39. The van der Waals surface area contributed by atoms with Crippen LogP contribution in [0.2, 0.25) is 0 Å². The van der Waals surface area contributed by atoms with Crippen LogP contribution in [0.4, 0.5) is 0 Å². The first-order valence-corrected chi connectivity index (χ1v) is 7.79. The Hall–Kier alpha value is -1.02. The van der Waals surface area contributed by atoms with Crippen molar-refractivity contribution in [1.29, 1.82) is 0 Å². The average molecular weight is 261 g/mol. The number of benzene rings is 1. The minimum atomic E-state index is 0.687. The van der Waals surface area contributed by atoms with Crippen LogP contribution < -0.4 is 10.1 Å². The molecule has 2 unspecified atom stereocenters. The van der Waals surface area contributed by atoms with Crippen LogP contribution in [0.3, 0.4) is 0 Å². The Kier molecular flexibility index (Phi) is 5.71. The molecule has 19 heavy (non-hydrogen) atoms. The number of rotatable bonds is 5. The molecule has 1 aliphatic rings. The van der Waals surface area contributed by atoms with Gasteiger partial charge in [0.2, 0.25) is 0 Å². The molecule has 2 nitrogen and oxygen atoms in total. The summed E-state index contributed by atoms with van der Waals surface area (Å²) in [5.41, 5.74) is 1.45. The summed E-state index contributed by atoms with van der Waals surface area (Å²) in [6.07, 6.45) is 6.63. The fourth-order valence-electron chi connectivity index (χ4n) is 3.16. The zero-order valence-electron chi connectivity index (χ0n) is 12.3. The number of hydrogen-bond acceptors (Lipinski definition) is 2. The Bertz CT molecular complexity index is 377.